The molecule has 0 radical (unpaired) electrons. The second-order valence-electron chi connectivity index (χ2n) is 8.56. The largest absolute Gasteiger partial charge is 0.335 e. The van der Waals surface area contributed by atoms with Crippen LogP contribution in [0, 0.1) is 0 Å². The summed E-state index contributed by atoms with van der Waals surface area (Å²) in [5.41, 5.74) is 2.46. The van der Waals surface area contributed by atoms with Gasteiger partial charge in [0, 0.05) is 43.4 Å². The number of carbonyl (C=O) groups excluding carboxylic acids is 1. The van der Waals surface area contributed by atoms with Crippen molar-refractivity contribution >= 4 is 33.1 Å². The summed E-state index contributed by atoms with van der Waals surface area (Å²) in [5.74, 6) is 0.673. The van der Waals surface area contributed by atoms with Crippen molar-refractivity contribution in [3.05, 3.63) is 62.9 Å². The minimum Gasteiger partial charge on any atom is -0.335 e. The summed E-state index contributed by atoms with van der Waals surface area (Å²) in [7, 11) is 0. The van der Waals surface area contributed by atoms with E-state index in [1.807, 2.05) is 33.7 Å². The van der Waals surface area contributed by atoms with Gasteiger partial charge in [0.25, 0.3) is 11.5 Å². The molecule has 0 saturated carbocycles. The lowest BCUT2D eigenvalue weighted by Gasteiger charge is -2.34. The Morgan fingerprint density at radius 3 is 2.78 bits per heavy atom. The molecular weight excluding hydrogens is 424 g/mol. The lowest BCUT2D eigenvalue weighted by Crippen LogP contribution is -2.48. The number of nitrogens with one attached hydrogen (secondary N) is 1. The summed E-state index contributed by atoms with van der Waals surface area (Å²) >= 11 is 1.68. The molecule has 8 nitrogen and oxygen atoms in total. The number of fused-ring (bicyclic) bond motifs is 4. The lowest BCUT2D eigenvalue weighted by molar-refractivity contribution is 0.0620. The van der Waals surface area contributed by atoms with Gasteiger partial charge in [-0.3, -0.25) is 14.5 Å². The lowest BCUT2D eigenvalue weighted by atomic mass is 9.97. The zero-order valence-corrected chi connectivity index (χ0v) is 18.5. The monoisotopic (exact) mass is 448 g/mol. The number of aromatic nitrogens is 4. The molecule has 1 fully saturated rings. The van der Waals surface area contributed by atoms with Gasteiger partial charge in [-0.25, -0.2) is 9.97 Å². The van der Waals surface area contributed by atoms with Crippen molar-refractivity contribution in [2.24, 2.45) is 0 Å². The van der Waals surface area contributed by atoms with Crippen molar-refractivity contribution in [3.8, 4) is 0 Å². The molecule has 1 N–H and O–H groups in total. The predicted molar refractivity (Wildman–Crippen MR) is 123 cm³/mol. The van der Waals surface area contributed by atoms with Crippen molar-refractivity contribution in [1.82, 2.24) is 29.2 Å². The van der Waals surface area contributed by atoms with E-state index in [0.717, 1.165) is 48.2 Å². The zero-order chi connectivity index (χ0) is 21.7. The van der Waals surface area contributed by atoms with Crippen LogP contribution in [0.15, 0.2) is 35.4 Å². The highest BCUT2D eigenvalue weighted by molar-refractivity contribution is 7.18. The van der Waals surface area contributed by atoms with Crippen LogP contribution in [-0.4, -0.2) is 61.2 Å². The van der Waals surface area contributed by atoms with Gasteiger partial charge < -0.3 is 14.3 Å². The molecule has 0 atom stereocenters. The van der Waals surface area contributed by atoms with Crippen molar-refractivity contribution in [2.75, 3.05) is 26.2 Å². The number of rotatable bonds is 3. The Labute approximate surface area is 188 Å². The average Bonchev–Trinajstić information content (AvgIpc) is 3.40. The maximum absolute atomic E-state index is 12.9. The van der Waals surface area contributed by atoms with Crippen LogP contribution in [0.5, 0.6) is 0 Å². The van der Waals surface area contributed by atoms with Crippen LogP contribution in [0.25, 0.3) is 15.9 Å². The number of aromatic amines is 1. The highest BCUT2D eigenvalue weighted by Gasteiger charge is 2.25. The van der Waals surface area contributed by atoms with Crippen LogP contribution in [0.4, 0.5) is 0 Å². The van der Waals surface area contributed by atoms with E-state index in [-0.39, 0.29) is 11.5 Å². The normalized spacial score (nSPS) is 17.2. The second kappa shape index (κ2) is 7.83. The van der Waals surface area contributed by atoms with Crippen LogP contribution in [0.2, 0.25) is 0 Å². The topological polar surface area (TPSA) is 86.6 Å². The molecule has 2 aliphatic rings. The van der Waals surface area contributed by atoms with E-state index in [9.17, 15) is 9.59 Å². The first-order chi connectivity index (χ1) is 15.7. The number of imidazole rings is 1. The minimum absolute atomic E-state index is 0.00920. The number of amides is 1. The Hall–Kier alpha value is -3.04. The van der Waals surface area contributed by atoms with E-state index < -0.39 is 0 Å². The molecular formula is C23H24N6O2S. The minimum atomic E-state index is -0.0366. The number of hydrogen-bond acceptors (Lipinski definition) is 6. The van der Waals surface area contributed by atoms with E-state index >= 15 is 0 Å². The van der Waals surface area contributed by atoms with Crippen LogP contribution in [-0.2, 0) is 19.4 Å². The summed E-state index contributed by atoms with van der Waals surface area (Å²) in [6, 6.07) is 5.72. The summed E-state index contributed by atoms with van der Waals surface area (Å²) in [4.78, 5) is 44.2. The van der Waals surface area contributed by atoms with E-state index in [4.69, 9.17) is 4.98 Å². The molecule has 4 aromatic heterocycles. The number of H-pyrrole nitrogens is 1. The van der Waals surface area contributed by atoms with E-state index in [0.29, 0.717) is 31.2 Å². The van der Waals surface area contributed by atoms with Gasteiger partial charge in [-0.1, -0.05) is 6.07 Å². The molecule has 4 aromatic rings. The quantitative estimate of drug-likeness (QED) is 0.520. The third-order valence-electron chi connectivity index (χ3n) is 6.49. The van der Waals surface area contributed by atoms with Crippen molar-refractivity contribution in [1.29, 1.82) is 0 Å². The third kappa shape index (κ3) is 3.41. The first-order valence-electron chi connectivity index (χ1n) is 11.1. The predicted octanol–water partition coefficient (Wildman–Crippen LogP) is 2.47. The SMILES string of the molecule is O=C(c1cn2ccccc2n1)N1CCN(Cc2nc3sc4c(c3c(=O)[nH]2)CCCC4)CC1. The maximum Gasteiger partial charge on any atom is 0.274 e. The van der Waals surface area contributed by atoms with Gasteiger partial charge in [-0.2, -0.15) is 0 Å². The fraction of sp³-hybridized carbons (Fsp3) is 0.391. The molecule has 9 heteroatoms. The van der Waals surface area contributed by atoms with Crippen LogP contribution >= 0.6 is 11.3 Å². The zero-order valence-electron chi connectivity index (χ0n) is 17.7. The van der Waals surface area contributed by atoms with Crippen LogP contribution in [0.3, 0.4) is 0 Å². The van der Waals surface area contributed by atoms with Gasteiger partial charge in [0.15, 0.2) is 0 Å². The molecule has 0 bridgehead atoms. The standard InChI is InChI=1S/C23H24N6O2S/c30-21-20-15-5-1-2-6-17(15)32-22(20)26-18(25-21)14-27-9-11-28(12-10-27)23(31)16-13-29-8-4-3-7-19(29)24-16/h3-4,7-8,13H,1-2,5-6,9-12,14H2,(H,25,26,30). The van der Waals surface area contributed by atoms with Gasteiger partial charge in [0.2, 0.25) is 0 Å². The van der Waals surface area contributed by atoms with Gasteiger partial charge in [-0.15, -0.1) is 11.3 Å². The number of carbonyl (C=O) groups is 1. The molecule has 1 aliphatic heterocycles. The molecule has 5 heterocycles. The van der Waals surface area contributed by atoms with Gasteiger partial charge in [0.05, 0.1) is 11.9 Å². The van der Waals surface area contributed by atoms with E-state index in [1.165, 1.54) is 16.9 Å². The third-order valence-corrected chi connectivity index (χ3v) is 7.68. The number of piperazine rings is 1. The second-order valence-corrected chi connectivity index (χ2v) is 9.65. The number of aryl methyl sites for hydroxylation is 2. The molecule has 0 aromatic carbocycles. The van der Waals surface area contributed by atoms with Gasteiger partial charge in [-0.05, 0) is 43.4 Å². The Morgan fingerprint density at radius 1 is 1.09 bits per heavy atom. The summed E-state index contributed by atoms with van der Waals surface area (Å²) in [6.45, 7) is 3.33. The van der Waals surface area contributed by atoms with Crippen LogP contribution < -0.4 is 5.56 Å². The highest BCUT2D eigenvalue weighted by atomic mass is 32.1. The Kier molecular flexibility index (Phi) is 4.80. The molecule has 1 amide bonds. The number of nitrogens with zero attached hydrogens (tertiary/aromatic N) is 5. The molecule has 6 rings (SSSR count). The van der Waals surface area contributed by atoms with E-state index in [2.05, 4.69) is 14.9 Å². The summed E-state index contributed by atoms with van der Waals surface area (Å²) in [6.07, 6.45) is 8.08. The Morgan fingerprint density at radius 2 is 1.94 bits per heavy atom. The number of pyridine rings is 1. The molecule has 32 heavy (non-hydrogen) atoms. The maximum atomic E-state index is 12.9. The van der Waals surface area contributed by atoms with Crippen LogP contribution in [0.1, 0.15) is 39.6 Å². The first-order valence-corrected chi connectivity index (χ1v) is 12.0. The first kappa shape index (κ1) is 19.6. The molecule has 1 saturated heterocycles. The summed E-state index contributed by atoms with van der Waals surface area (Å²) in [5, 5.41) is 0.802. The Balaban J connectivity index is 1.14. The van der Waals surface area contributed by atoms with Crippen molar-refractivity contribution < 1.29 is 4.79 Å². The smallest absolute Gasteiger partial charge is 0.274 e. The van der Waals surface area contributed by atoms with Gasteiger partial charge in [0.1, 0.15) is 22.0 Å². The van der Waals surface area contributed by atoms with Crippen molar-refractivity contribution in [3.63, 3.8) is 0 Å². The number of hydrogen-bond donors (Lipinski definition) is 1. The molecule has 0 unspecified atom stereocenters. The fourth-order valence-electron chi connectivity index (χ4n) is 4.80. The Bertz CT molecular complexity index is 1350. The molecule has 0 spiro atoms. The van der Waals surface area contributed by atoms with Crippen molar-refractivity contribution in [2.45, 2.75) is 32.2 Å². The van der Waals surface area contributed by atoms with E-state index in [1.54, 1.807) is 17.5 Å². The molecule has 1 aliphatic carbocycles. The summed E-state index contributed by atoms with van der Waals surface area (Å²) < 4.78 is 1.87. The number of thiophene rings is 1. The highest BCUT2D eigenvalue weighted by Crippen LogP contribution is 2.33. The fourth-order valence-corrected chi connectivity index (χ4v) is 6.08. The molecule has 164 valence electrons. The average molecular weight is 449 g/mol. The van der Waals surface area contributed by atoms with Gasteiger partial charge >= 0.3 is 0 Å².